The van der Waals surface area contributed by atoms with Gasteiger partial charge in [-0.3, -0.25) is 4.98 Å². The highest BCUT2D eigenvalue weighted by molar-refractivity contribution is 5.75. The highest BCUT2D eigenvalue weighted by atomic mass is 19.4. The van der Waals surface area contributed by atoms with E-state index in [1.165, 1.54) is 0 Å². The number of hydrogen-bond donors (Lipinski definition) is 1. The van der Waals surface area contributed by atoms with Gasteiger partial charge in [0.25, 0.3) is 0 Å². The zero-order chi connectivity index (χ0) is 16.3. The molecule has 21 heavy (non-hydrogen) atoms. The molecule has 116 valence electrons. The van der Waals surface area contributed by atoms with E-state index < -0.39 is 35.0 Å². The molecule has 0 spiro atoms. The number of aromatic nitrogens is 1. The van der Waals surface area contributed by atoms with Crippen LogP contribution in [0.2, 0.25) is 0 Å². The van der Waals surface area contributed by atoms with Crippen LogP contribution in [0.1, 0.15) is 37.9 Å². The van der Waals surface area contributed by atoms with Crippen molar-refractivity contribution in [1.29, 1.82) is 0 Å². The molecule has 0 fully saturated rings. The number of carbonyl (C=O) groups is 2. The van der Waals surface area contributed by atoms with Crippen molar-refractivity contribution < 1.29 is 27.5 Å². The molecule has 1 unspecified atom stereocenters. The van der Waals surface area contributed by atoms with Crippen molar-refractivity contribution in [3.63, 3.8) is 0 Å². The first-order valence-corrected chi connectivity index (χ1v) is 6.00. The van der Waals surface area contributed by atoms with Crippen molar-refractivity contribution in [2.75, 3.05) is 0 Å². The minimum Gasteiger partial charge on any atom is -0.444 e. The summed E-state index contributed by atoms with van der Waals surface area (Å²) in [5, 5.41) is 2.10. The molecule has 0 aliphatic heterocycles. The highest BCUT2D eigenvalue weighted by Gasteiger charge is 2.36. The summed E-state index contributed by atoms with van der Waals surface area (Å²) in [5.41, 5.74) is -2.31. The Balaban J connectivity index is 3.02. The lowest BCUT2D eigenvalue weighted by molar-refractivity contribution is -0.138. The number of carbonyl (C=O) groups excluding carboxylic acids is 2. The van der Waals surface area contributed by atoms with Gasteiger partial charge < -0.3 is 14.8 Å². The van der Waals surface area contributed by atoms with E-state index in [0.717, 1.165) is 12.3 Å². The van der Waals surface area contributed by atoms with E-state index >= 15 is 0 Å². The van der Waals surface area contributed by atoms with E-state index in [9.17, 15) is 22.8 Å². The summed E-state index contributed by atoms with van der Waals surface area (Å²) in [6.07, 6.45) is -3.75. The first-order chi connectivity index (χ1) is 9.54. The largest absolute Gasteiger partial charge is 0.444 e. The van der Waals surface area contributed by atoms with E-state index in [0.29, 0.717) is 6.20 Å². The molecule has 0 bridgehead atoms. The number of aldehydes is 1. The second-order valence-corrected chi connectivity index (χ2v) is 5.22. The summed E-state index contributed by atoms with van der Waals surface area (Å²) in [6.45, 7) is 4.78. The molecule has 0 aromatic carbocycles. The van der Waals surface area contributed by atoms with Crippen LogP contribution in [0.15, 0.2) is 18.5 Å². The van der Waals surface area contributed by atoms with E-state index in [4.69, 9.17) is 4.74 Å². The highest BCUT2D eigenvalue weighted by Crippen LogP contribution is 2.33. The first kappa shape index (κ1) is 16.9. The molecule has 8 heteroatoms. The quantitative estimate of drug-likeness (QED) is 0.872. The van der Waals surface area contributed by atoms with Crippen LogP contribution in [0.3, 0.4) is 0 Å². The fourth-order valence-electron chi connectivity index (χ4n) is 1.53. The van der Waals surface area contributed by atoms with Gasteiger partial charge in [-0.1, -0.05) is 0 Å². The summed E-state index contributed by atoms with van der Waals surface area (Å²) in [6, 6.07) is -0.446. The Morgan fingerprint density at radius 3 is 2.48 bits per heavy atom. The summed E-state index contributed by atoms with van der Waals surface area (Å²) < 4.78 is 43.5. The third-order valence-corrected chi connectivity index (χ3v) is 2.30. The summed E-state index contributed by atoms with van der Waals surface area (Å²) in [5.74, 6) is 0. The van der Waals surface area contributed by atoms with E-state index in [1.807, 2.05) is 0 Å². The Labute approximate surface area is 119 Å². The van der Waals surface area contributed by atoms with Gasteiger partial charge in [-0.2, -0.15) is 13.2 Å². The normalized spacial score (nSPS) is 13.4. The van der Waals surface area contributed by atoms with Crippen LogP contribution in [0.5, 0.6) is 0 Å². The van der Waals surface area contributed by atoms with Gasteiger partial charge in [0.1, 0.15) is 17.9 Å². The first-order valence-electron chi connectivity index (χ1n) is 6.00. The van der Waals surface area contributed by atoms with E-state index in [-0.39, 0.29) is 6.29 Å². The van der Waals surface area contributed by atoms with Crippen LogP contribution in [0.25, 0.3) is 0 Å². The van der Waals surface area contributed by atoms with Gasteiger partial charge in [0, 0.05) is 12.4 Å². The maximum atomic E-state index is 12.9. The molecule has 1 atom stereocenters. The summed E-state index contributed by atoms with van der Waals surface area (Å²) in [4.78, 5) is 26.0. The Morgan fingerprint density at radius 2 is 2.00 bits per heavy atom. The van der Waals surface area contributed by atoms with Crippen molar-refractivity contribution in [3.05, 3.63) is 29.6 Å². The number of halogens is 3. The predicted molar refractivity (Wildman–Crippen MR) is 67.4 cm³/mol. The molecule has 0 saturated carbocycles. The number of nitrogens with zero attached hydrogens (tertiary/aromatic N) is 1. The molecule has 0 aliphatic rings. The van der Waals surface area contributed by atoms with Crippen LogP contribution in [-0.2, 0) is 15.7 Å². The zero-order valence-electron chi connectivity index (χ0n) is 11.7. The fourth-order valence-corrected chi connectivity index (χ4v) is 1.53. The minimum absolute atomic E-state index is 0.203. The van der Waals surface area contributed by atoms with Gasteiger partial charge in [0.05, 0.1) is 5.56 Å². The van der Waals surface area contributed by atoms with Crippen molar-refractivity contribution in [3.8, 4) is 0 Å². The predicted octanol–water partition coefficient (Wildman–Crippen LogP) is 2.87. The number of alkyl halides is 3. The second kappa shape index (κ2) is 6.11. The molecular formula is C13H15F3N2O3. The topological polar surface area (TPSA) is 68.3 Å². The van der Waals surface area contributed by atoms with Crippen molar-refractivity contribution in [2.24, 2.45) is 0 Å². The van der Waals surface area contributed by atoms with Crippen molar-refractivity contribution >= 4 is 12.4 Å². The number of pyridine rings is 1. The van der Waals surface area contributed by atoms with E-state index in [2.05, 4.69) is 10.3 Å². The van der Waals surface area contributed by atoms with E-state index in [1.54, 1.807) is 20.8 Å². The van der Waals surface area contributed by atoms with Crippen LogP contribution in [0, 0.1) is 0 Å². The maximum absolute atomic E-state index is 12.9. The third-order valence-electron chi connectivity index (χ3n) is 2.30. The lowest BCUT2D eigenvalue weighted by Gasteiger charge is -2.22. The van der Waals surface area contributed by atoms with Gasteiger partial charge in [-0.25, -0.2) is 4.79 Å². The Hall–Kier alpha value is -2.12. The molecule has 5 nitrogen and oxygen atoms in total. The number of nitrogens with one attached hydrogen (secondary N) is 1. The molecule has 0 saturated heterocycles. The van der Waals surface area contributed by atoms with Gasteiger partial charge >= 0.3 is 12.3 Å². The molecule has 0 aliphatic carbocycles. The molecule has 1 N–H and O–H groups in total. The Kier molecular flexibility index (Phi) is 4.93. The summed E-state index contributed by atoms with van der Waals surface area (Å²) >= 11 is 0. The summed E-state index contributed by atoms with van der Waals surface area (Å²) in [7, 11) is 0. The van der Waals surface area contributed by atoms with Gasteiger partial charge in [0.2, 0.25) is 0 Å². The van der Waals surface area contributed by atoms with Crippen LogP contribution in [0.4, 0.5) is 18.0 Å². The third kappa shape index (κ3) is 5.05. The lowest BCUT2D eigenvalue weighted by atomic mass is 10.0. The number of ether oxygens (including phenoxy) is 1. The van der Waals surface area contributed by atoms with Crippen molar-refractivity contribution in [1.82, 2.24) is 10.3 Å². The molecule has 0 radical (unpaired) electrons. The minimum atomic E-state index is -4.68. The molecular weight excluding hydrogens is 289 g/mol. The monoisotopic (exact) mass is 304 g/mol. The SMILES string of the molecule is CC(C)(C)OC(=O)NC(C=O)c1ccncc1C(F)(F)F. The molecule has 1 aromatic heterocycles. The molecule has 1 amide bonds. The van der Waals surface area contributed by atoms with Gasteiger partial charge in [-0.15, -0.1) is 0 Å². The number of alkyl carbamates (subject to hydrolysis) is 1. The number of amides is 1. The average Bonchev–Trinajstić information content (AvgIpc) is 2.32. The average molecular weight is 304 g/mol. The molecule has 1 heterocycles. The molecule has 1 rings (SSSR count). The second-order valence-electron chi connectivity index (χ2n) is 5.22. The lowest BCUT2D eigenvalue weighted by Crippen LogP contribution is -2.36. The molecule has 1 aromatic rings. The zero-order valence-corrected chi connectivity index (χ0v) is 11.7. The smallest absolute Gasteiger partial charge is 0.418 e. The van der Waals surface area contributed by atoms with Crippen molar-refractivity contribution in [2.45, 2.75) is 38.6 Å². The fraction of sp³-hybridized carbons (Fsp3) is 0.462. The number of hydrogen-bond acceptors (Lipinski definition) is 4. The maximum Gasteiger partial charge on any atom is 0.418 e. The van der Waals surface area contributed by atoms with Gasteiger partial charge in [0.15, 0.2) is 0 Å². The standard InChI is InChI=1S/C13H15F3N2O3/c1-12(2,3)21-11(20)18-10(7-19)8-4-5-17-6-9(8)13(14,15)16/h4-7,10H,1-3H3,(H,18,20). The van der Waals surface area contributed by atoms with Crippen LogP contribution in [-0.4, -0.2) is 23.0 Å². The number of rotatable bonds is 3. The Bertz CT molecular complexity index is 524. The van der Waals surface area contributed by atoms with Gasteiger partial charge in [-0.05, 0) is 32.4 Å². The Morgan fingerprint density at radius 1 is 1.38 bits per heavy atom. The van der Waals surface area contributed by atoms with Crippen LogP contribution < -0.4 is 5.32 Å². The van der Waals surface area contributed by atoms with Crippen LogP contribution >= 0.6 is 0 Å².